The molecule has 0 aliphatic carbocycles. The number of carbonyl (C=O) groups excluding carboxylic acids is 4. The molecule has 1 aliphatic rings. The molecular formula is C34H48N4O7. The van der Waals surface area contributed by atoms with Crippen molar-refractivity contribution in [2.75, 3.05) is 20.1 Å². The molecule has 11 nitrogen and oxygen atoms in total. The third-order valence-corrected chi connectivity index (χ3v) is 7.69. The number of aliphatic hydroxyl groups excluding tert-OH is 1. The summed E-state index contributed by atoms with van der Waals surface area (Å²) >= 11 is 0. The summed E-state index contributed by atoms with van der Waals surface area (Å²) in [5.41, 5.74) is 1.67. The van der Waals surface area contributed by atoms with Gasteiger partial charge in [0.05, 0.1) is 12.1 Å². The molecule has 2 aromatic rings. The van der Waals surface area contributed by atoms with Gasteiger partial charge in [-0.15, -0.1) is 0 Å². The van der Waals surface area contributed by atoms with Crippen LogP contribution in [0.25, 0.3) is 0 Å². The molecule has 0 spiro atoms. The largest absolute Gasteiger partial charge is 0.445 e. The Morgan fingerprint density at radius 1 is 0.889 bits per heavy atom. The Bertz CT molecular complexity index is 1240. The standard InChI is InChI=1S/C34H48N4O7/c1-23(2)18-28(36-33(42)44-21-25-12-8-6-9-13-25)31(40)35-27-16-17-38(20-30(27)39)32(41)29(19-24(3)4)37(5)34(43)45-22-26-14-10-7-11-15-26/h6-15,23-24,27-30,39H,16-22H2,1-5H3,(H,35,40)(H,36,42)/t27?,28-,29-,30?/m0/s1. The number of nitrogens with zero attached hydrogens (tertiary/aromatic N) is 2. The van der Waals surface area contributed by atoms with E-state index in [9.17, 15) is 24.3 Å². The van der Waals surface area contributed by atoms with Gasteiger partial charge in [0.15, 0.2) is 0 Å². The third kappa shape index (κ3) is 11.4. The number of β-amino-alcohol motifs (C(OH)–C–C–N with tert-alkyl or cyclic N) is 1. The van der Waals surface area contributed by atoms with E-state index in [2.05, 4.69) is 10.6 Å². The zero-order valence-electron chi connectivity index (χ0n) is 27.0. The maximum Gasteiger partial charge on any atom is 0.410 e. The van der Waals surface area contributed by atoms with Gasteiger partial charge in [0.2, 0.25) is 11.8 Å². The van der Waals surface area contributed by atoms with Crippen molar-refractivity contribution in [3.05, 3.63) is 71.8 Å². The van der Waals surface area contributed by atoms with Gasteiger partial charge >= 0.3 is 12.2 Å². The first-order chi connectivity index (χ1) is 21.4. The number of benzene rings is 2. The summed E-state index contributed by atoms with van der Waals surface area (Å²) < 4.78 is 10.8. The lowest BCUT2D eigenvalue weighted by Crippen LogP contribution is -2.60. The number of likely N-dealkylation sites (tertiary alicyclic amines) is 1. The number of hydrogen-bond acceptors (Lipinski definition) is 7. The Balaban J connectivity index is 1.56. The highest BCUT2D eigenvalue weighted by atomic mass is 16.6. The number of alkyl carbamates (subject to hydrolysis) is 1. The third-order valence-electron chi connectivity index (χ3n) is 7.69. The molecule has 2 aromatic carbocycles. The molecule has 3 N–H and O–H groups in total. The van der Waals surface area contributed by atoms with Crippen LogP contribution in [-0.2, 0) is 32.3 Å². The van der Waals surface area contributed by atoms with E-state index in [0.29, 0.717) is 19.3 Å². The van der Waals surface area contributed by atoms with Crippen LogP contribution >= 0.6 is 0 Å². The van der Waals surface area contributed by atoms with E-state index in [1.165, 1.54) is 9.80 Å². The Hall–Kier alpha value is -4.12. The van der Waals surface area contributed by atoms with Gasteiger partial charge in [0.25, 0.3) is 0 Å². The molecule has 0 radical (unpaired) electrons. The van der Waals surface area contributed by atoms with E-state index < -0.39 is 42.3 Å². The average molecular weight is 625 g/mol. The maximum absolute atomic E-state index is 13.7. The summed E-state index contributed by atoms with van der Waals surface area (Å²) in [4.78, 5) is 55.2. The van der Waals surface area contributed by atoms with Crippen LogP contribution in [0, 0.1) is 11.8 Å². The van der Waals surface area contributed by atoms with Crippen LogP contribution in [-0.4, -0.2) is 83.3 Å². The van der Waals surface area contributed by atoms with Crippen LogP contribution in [0.5, 0.6) is 0 Å². The first-order valence-electron chi connectivity index (χ1n) is 15.6. The molecule has 4 atom stereocenters. The first kappa shape index (κ1) is 35.4. The topological polar surface area (TPSA) is 138 Å². The molecule has 2 unspecified atom stereocenters. The molecule has 45 heavy (non-hydrogen) atoms. The number of rotatable bonds is 13. The van der Waals surface area contributed by atoms with Crippen molar-refractivity contribution < 1.29 is 33.8 Å². The molecule has 1 fully saturated rings. The van der Waals surface area contributed by atoms with Crippen molar-refractivity contribution >= 4 is 24.0 Å². The van der Waals surface area contributed by atoms with Crippen LogP contribution in [0.15, 0.2) is 60.7 Å². The summed E-state index contributed by atoms with van der Waals surface area (Å²) in [6, 6.07) is 16.3. The van der Waals surface area contributed by atoms with Gasteiger partial charge in [-0.25, -0.2) is 9.59 Å². The maximum atomic E-state index is 13.7. The molecule has 1 saturated heterocycles. The fourth-order valence-electron chi connectivity index (χ4n) is 5.22. The second kappa shape index (κ2) is 17.4. The minimum atomic E-state index is -1.04. The van der Waals surface area contributed by atoms with Gasteiger partial charge in [0, 0.05) is 20.1 Å². The fraction of sp³-hybridized carbons (Fsp3) is 0.529. The number of aliphatic hydroxyl groups is 1. The second-order valence-electron chi connectivity index (χ2n) is 12.4. The normalized spacial score (nSPS) is 17.7. The Morgan fingerprint density at radius 3 is 1.98 bits per heavy atom. The summed E-state index contributed by atoms with van der Waals surface area (Å²) in [7, 11) is 1.55. The minimum absolute atomic E-state index is 0.00727. The van der Waals surface area contributed by atoms with Crippen molar-refractivity contribution in [2.24, 2.45) is 11.8 Å². The molecule has 3 rings (SSSR count). The Labute approximate surface area is 266 Å². The van der Waals surface area contributed by atoms with Crippen LogP contribution < -0.4 is 10.6 Å². The lowest BCUT2D eigenvalue weighted by atomic mass is 9.97. The molecule has 0 saturated carbocycles. The van der Waals surface area contributed by atoms with Crippen molar-refractivity contribution in [2.45, 2.75) is 84.4 Å². The highest BCUT2D eigenvalue weighted by Crippen LogP contribution is 2.20. The predicted molar refractivity (Wildman–Crippen MR) is 170 cm³/mol. The summed E-state index contributed by atoms with van der Waals surface area (Å²) in [5, 5.41) is 16.5. The quantitative estimate of drug-likeness (QED) is 0.305. The van der Waals surface area contributed by atoms with E-state index >= 15 is 0 Å². The molecular weight excluding hydrogens is 576 g/mol. The SMILES string of the molecule is CC(C)C[C@H](NC(=O)OCc1ccccc1)C(=O)NC1CCN(C(=O)[C@H](CC(C)C)N(C)C(=O)OCc2ccccc2)CC1O. The van der Waals surface area contributed by atoms with Crippen molar-refractivity contribution in [1.82, 2.24) is 20.4 Å². The van der Waals surface area contributed by atoms with Crippen molar-refractivity contribution in [1.29, 1.82) is 0 Å². The lowest BCUT2D eigenvalue weighted by Gasteiger charge is -2.39. The minimum Gasteiger partial charge on any atom is -0.445 e. The zero-order valence-corrected chi connectivity index (χ0v) is 27.0. The number of amides is 4. The summed E-state index contributed by atoms with van der Waals surface area (Å²) in [6.07, 6.45) is -1.24. The molecule has 4 amide bonds. The monoisotopic (exact) mass is 624 g/mol. The number of carbonyl (C=O) groups is 4. The van der Waals surface area contributed by atoms with Gasteiger partial charge in [-0.1, -0.05) is 88.4 Å². The van der Waals surface area contributed by atoms with Crippen LogP contribution in [0.3, 0.4) is 0 Å². The van der Waals surface area contributed by atoms with Crippen molar-refractivity contribution in [3.8, 4) is 0 Å². The van der Waals surface area contributed by atoms with Crippen LogP contribution in [0.2, 0.25) is 0 Å². The number of hydrogen-bond donors (Lipinski definition) is 3. The zero-order chi connectivity index (χ0) is 32.9. The fourth-order valence-corrected chi connectivity index (χ4v) is 5.22. The van der Waals surface area contributed by atoms with E-state index in [1.54, 1.807) is 7.05 Å². The predicted octanol–water partition coefficient (Wildman–Crippen LogP) is 4.09. The van der Waals surface area contributed by atoms with Gasteiger partial charge in [-0.05, 0) is 42.2 Å². The molecule has 11 heteroatoms. The van der Waals surface area contributed by atoms with Gasteiger partial charge in [0.1, 0.15) is 25.3 Å². The number of nitrogens with one attached hydrogen (secondary N) is 2. The van der Waals surface area contributed by atoms with E-state index in [0.717, 1.165) is 11.1 Å². The van der Waals surface area contributed by atoms with Gasteiger partial charge in [-0.3, -0.25) is 14.5 Å². The highest BCUT2D eigenvalue weighted by Gasteiger charge is 2.38. The molecule has 1 aliphatic heterocycles. The van der Waals surface area contributed by atoms with Gasteiger partial charge in [-0.2, -0.15) is 0 Å². The molecule has 0 bridgehead atoms. The number of ether oxygens (including phenoxy) is 2. The van der Waals surface area contributed by atoms with E-state index in [4.69, 9.17) is 9.47 Å². The van der Waals surface area contributed by atoms with Crippen LogP contribution in [0.1, 0.15) is 58.1 Å². The van der Waals surface area contributed by atoms with E-state index in [1.807, 2.05) is 88.4 Å². The van der Waals surface area contributed by atoms with Crippen molar-refractivity contribution in [3.63, 3.8) is 0 Å². The second-order valence-corrected chi connectivity index (χ2v) is 12.4. The average Bonchev–Trinajstić information content (AvgIpc) is 3.02. The molecule has 1 heterocycles. The van der Waals surface area contributed by atoms with Gasteiger partial charge < -0.3 is 30.1 Å². The summed E-state index contributed by atoms with van der Waals surface area (Å²) in [5.74, 6) is -0.487. The number of piperidine rings is 1. The Morgan fingerprint density at radius 2 is 1.44 bits per heavy atom. The smallest absolute Gasteiger partial charge is 0.410 e. The Kier molecular flexibility index (Phi) is 13.7. The summed E-state index contributed by atoms with van der Waals surface area (Å²) in [6.45, 7) is 8.27. The first-order valence-corrected chi connectivity index (χ1v) is 15.6. The number of likely N-dealkylation sites (N-methyl/N-ethyl adjacent to an activating group) is 1. The van der Waals surface area contributed by atoms with Crippen LogP contribution in [0.4, 0.5) is 9.59 Å². The van der Waals surface area contributed by atoms with E-state index in [-0.39, 0.29) is 44.0 Å². The molecule has 246 valence electrons. The highest BCUT2D eigenvalue weighted by molar-refractivity contribution is 5.87. The lowest BCUT2D eigenvalue weighted by molar-refractivity contribution is -0.141. The molecule has 0 aromatic heterocycles.